The zero-order chi connectivity index (χ0) is 9.42. The molecule has 0 fully saturated rings. The number of nitrogen functional groups attached to an aromatic ring is 1. The molecular weight excluding hydrogens is 182 g/mol. The minimum absolute atomic E-state index is 0.0579. The molecule has 13 heavy (non-hydrogen) atoms. The van der Waals surface area contributed by atoms with E-state index in [1.54, 1.807) is 5.38 Å². The van der Waals surface area contributed by atoms with Crippen LogP contribution in [-0.4, -0.2) is 0 Å². The highest BCUT2D eigenvalue weighted by Gasteiger charge is 2.01. The fourth-order valence-electron chi connectivity index (χ4n) is 1.26. The monoisotopic (exact) mass is 191 g/mol. The molecule has 1 aromatic heterocycles. The molecule has 2 N–H and O–H groups in total. The maximum absolute atomic E-state index is 11.6. The third-order valence-corrected chi connectivity index (χ3v) is 2.94. The molecule has 2 rings (SSSR count). The van der Waals surface area contributed by atoms with E-state index in [0.717, 1.165) is 15.6 Å². The molecule has 0 atom stereocenters. The molecule has 0 aliphatic carbocycles. The molecule has 1 heterocycles. The second kappa shape index (κ2) is 2.85. The lowest BCUT2D eigenvalue weighted by Gasteiger charge is -1.98. The van der Waals surface area contributed by atoms with Crippen molar-refractivity contribution in [3.8, 4) is 0 Å². The fourth-order valence-corrected chi connectivity index (χ4v) is 2.05. The maximum atomic E-state index is 11.6. The van der Waals surface area contributed by atoms with Gasteiger partial charge in [0, 0.05) is 15.5 Å². The number of nitrogens with two attached hydrogens (primary N) is 1. The summed E-state index contributed by atoms with van der Waals surface area (Å²) < 4.78 is 0.991. The van der Waals surface area contributed by atoms with Gasteiger partial charge >= 0.3 is 0 Å². The summed E-state index contributed by atoms with van der Waals surface area (Å²) in [6.07, 6.45) is 0. The summed E-state index contributed by atoms with van der Waals surface area (Å²) in [5.74, 6) is 0. The number of hydrogen-bond acceptors (Lipinski definition) is 3. The van der Waals surface area contributed by atoms with E-state index in [0.29, 0.717) is 5.69 Å². The first kappa shape index (κ1) is 8.26. The standard InChI is InChI=1S/C10H9NOS/c1-6-2-3-9-7(4-6)10(12)8(11)5-13-9/h2-5H,11H2,1H3. The highest BCUT2D eigenvalue weighted by Crippen LogP contribution is 2.18. The zero-order valence-electron chi connectivity index (χ0n) is 7.20. The van der Waals surface area contributed by atoms with E-state index in [9.17, 15) is 4.79 Å². The van der Waals surface area contributed by atoms with Crippen molar-refractivity contribution >= 4 is 27.1 Å². The average molecular weight is 191 g/mol. The van der Waals surface area contributed by atoms with Crippen molar-refractivity contribution in [3.63, 3.8) is 0 Å². The SMILES string of the molecule is Cc1ccc2scc(N)c(=O)c2c1. The van der Waals surface area contributed by atoms with Gasteiger partial charge in [-0.1, -0.05) is 11.6 Å². The van der Waals surface area contributed by atoms with Crippen LogP contribution in [-0.2, 0) is 0 Å². The van der Waals surface area contributed by atoms with E-state index in [-0.39, 0.29) is 5.43 Å². The second-order valence-electron chi connectivity index (χ2n) is 3.02. The quantitative estimate of drug-likeness (QED) is 0.693. The van der Waals surface area contributed by atoms with Crippen LogP contribution in [0.5, 0.6) is 0 Å². The predicted molar refractivity (Wildman–Crippen MR) is 57.2 cm³/mol. The molecule has 0 spiro atoms. The molecule has 0 saturated heterocycles. The molecule has 0 aliphatic rings. The van der Waals surface area contributed by atoms with Crippen molar-refractivity contribution < 1.29 is 0 Å². The topological polar surface area (TPSA) is 43.1 Å². The van der Waals surface area contributed by atoms with Crippen molar-refractivity contribution in [1.82, 2.24) is 0 Å². The lowest BCUT2D eigenvalue weighted by atomic mass is 10.2. The van der Waals surface area contributed by atoms with Gasteiger partial charge in [-0.25, -0.2) is 0 Å². The summed E-state index contributed by atoms with van der Waals surface area (Å²) >= 11 is 1.50. The van der Waals surface area contributed by atoms with Crippen LogP contribution in [0.15, 0.2) is 28.4 Å². The highest BCUT2D eigenvalue weighted by atomic mass is 32.1. The van der Waals surface area contributed by atoms with Crippen LogP contribution in [0.2, 0.25) is 0 Å². The van der Waals surface area contributed by atoms with Crippen molar-refractivity contribution in [2.24, 2.45) is 0 Å². The van der Waals surface area contributed by atoms with Gasteiger partial charge < -0.3 is 5.73 Å². The number of aryl methyl sites for hydroxylation is 1. The molecule has 0 amide bonds. The van der Waals surface area contributed by atoms with Crippen molar-refractivity contribution in [2.45, 2.75) is 6.92 Å². The molecule has 0 radical (unpaired) electrons. The Kier molecular flexibility index (Phi) is 1.81. The van der Waals surface area contributed by atoms with Crippen molar-refractivity contribution in [3.05, 3.63) is 39.4 Å². The Morgan fingerprint density at radius 1 is 1.38 bits per heavy atom. The smallest absolute Gasteiger partial charge is 0.210 e. The van der Waals surface area contributed by atoms with Crippen LogP contribution in [0.1, 0.15) is 5.56 Å². The molecule has 3 heteroatoms. The Morgan fingerprint density at radius 2 is 2.15 bits per heavy atom. The van der Waals surface area contributed by atoms with Gasteiger partial charge in [-0.15, -0.1) is 11.3 Å². The van der Waals surface area contributed by atoms with E-state index < -0.39 is 0 Å². The summed E-state index contributed by atoms with van der Waals surface area (Å²) in [7, 11) is 0. The van der Waals surface area contributed by atoms with Crippen LogP contribution in [0.25, 0.3) is 10.1 Å². The number of benzene rings is 1. The van der Waals surface area contributed by atoms with Gasteiger partial charge in [0.05, 0.1) is 5.69 Å². The number of hydrogen-bond donors (Lipinski definition) is 1. The van der Waals surface area contributed by atoms with Crippen LogP contribution in [0.3, 0.4) is 0 Å². The Morgan fingerprint density at radius 3 is 2.92 bits per heavy atom. The van der Waals surface area contributed by atoms with Gasteiger partial charge in [0.15, 0.2) is 0 Å². The van der Waals surface area contributed by atoms with Crippen LogP contribution < -0.4 is 11.2 Å². The maximum Gasteiger partial charge on any atom is 0.210 e. The third kappa shape index (κ3) is 1.31. The molecular formula is C10H9NOS. The molecule has 0 saturated carbocycles. The minimum Gasteiger partial charge on any atom is -0.395 e. The first-order valence-corrected chi connectivity index (χ1v) is 4.84. The zero-order valence-corrected chi connectivity index (χ0v) is 8.02. The molecule has 0 bridgehead atoms. The van der Waals surface area contributed by atoms with Gasteiger partial charge in [0.1, 0.15) is 0 Å². The summed E-state index contributed by atoms with van der Waals surface area (Å²) in [4.78, 5) is 11.6. The van der Waals surface area contributed by atoms with E-state index in [4.69, 9.17) is 5.73 Å². The van der Waals surface area contributed by atoms with Crippen LogP contribution >= 0.6 is 11.3 Å². The van der Waals surface area contributed by atoms with Gasteiger partial charge in [0.2, 0.25) is 5.43 Å². The molecule has 2 aromatic rings. The van der Waals surface area contributed by atoms with E-state index in [1.165, 1.54) is 11.3 Å². The number of anilines is 1. The average Bonchev–Trinajstić information content (AvgIpc) is 2.12. The lowest BCUT2D eigenvalue weighted by Crippen LogP contribution is -2.06. The van der Waals surface area contributed by atoms with E-state index in [1.807, 2.05) is 25.1 Å². The first-order chi connectivity index (χ1) is 6.18. The summed E-state index contributed by atoms with van der Waals surface area (Å²) in [6.45, 7) is 1.97. The normalized spacial score (nSPS) is 10.5. The lowest BCUT2D eigenvalue weighted by molar-refractivity contribution is 1.50. The van der Waals surface area contributed by atoms with Crippen LogP contribution in [0.4, 0.5) is 5.69 Å². The number of rotatable bonds is 0. The Balaban J connectivity index is 2.97. The predicted octanol–water partition coefficient (Wildman–Crippen LogP) is 2.15. The van der Waals surface area contributed by atoms with Gasteiger partial charge in [0.25, 0.3) is 0 Å². The Bertz CT molecular complexity index is 511. The summed E-state index contributed by atoms with van der Waals surface area (Å²) in [5, 5.41) is 2.42. The van der Waals surface area contributed by atoms with Crippen molar-refractivity contribution in [1.29, 1.82) is 0 Å². The second-order valence-corrected chi connectivity index (χ2v) is 3.93. The fraction of sp³-hybridized carbons (Fsp3) is 0.100. The molecule has 2 nitrogen and oxygen atoms in total. The van der Waals surface area contributed by atoms with Gasteiger partial charge in [-0.2, -0.15) is 0 Å². The summed E-state index contributed by atoms with van der Waals surface area (Å²) in [5.41, 5.74) is 6.90. The molecule has 0 unspecified atom stereocenters. The minimum atomic E-state index is -0.0579. The Hall–Kier alpha value is -1.35. The third-order valence-electron chi connectivity index (χ3n) is 1.95. The van der Waals surface area contributed by atoms with E-state index in [2.05, 4.69) is 0 Å². The molecule has 66 valence electrons. The summed E-state index contributed by atoms with van der Waals surface area (Å²) in [6, 6.07) is 5.83. The largest absolute Gasteiger partial charge is 0.395 e. The van der Waals surface area contributed by atoms with Gasteiger partial charge in [-0.3, -0.25) is 4.79 Å². The number of fused-ring (bicyclic) bond motifs is 1. The molecule has 0 aliphatic heterocycles. The Labute approximate surface area is 79.6 Å². The van der Waals surface area contributed by atoms with E-state index >= 15 is 0 Å². The van der Waals surface area contributed by atoms with Gasteiger partial charge in [-0.05, 0) is 19.1 Å². The first-order valence-electron chi connectivity index (χ1n) is 3.96. The van der Waals surface area contributed by atoms with Crippen LogP contribution in [0, 0.1) is 6.92 Å². The van der Waals surface area contributed by atoms with Crippen molar-refractivity contribution in [2.75, 3.05) is 5.73 Å². The highest BCUT2D eigenvalue weighted by molar-refractivity contribution is 7.16. The molecule has 1 aromatic carbocycles.